The fraction of sp³-hybridized carbons (Fsp3) is 0.240. The summed E-state index contributed by atoms with van der Waals surface area (Å²) in [6, 6.07) is 14.8. The molecule has 176 valence electrons. The van der Waals surface area contributed by atoms with Crippen molar-refractivity contribution in [2.24, 2.45) is 0 Å². The molecule has 0 fully saturated rings. The van der Waals surface area contributed by atoms with Gasteiger partial charge >= 0.3 is 5.97 Å². The zero-order chi connectivity index (χ0) is 24.1. The molecule has 2 heterocycles. The first-order valence-electron chi connectivity index (χ1n) is 10.6. The van der Waals surface area contributed by atoms with Crippen LogP contribution in [0.1, 0.15) is 26.6 Å². The normalized spacial score (nSPS) is 10.8. The summed E-state index contributed by atoms with van der Waals surface area (Å²) in [4.78, 5) is 33.7. The number of para-hydroxylation sites is 1. The second kappa shape index (κ2) is 10.4. The molecule has 0 saturated carbocycles. The number of carbonyl (C=O) groups excluding carboxylic acids is 1. The van der Waals surface area contributed by atoms with Gasteiger partial charge in [-0.2, -0.15) is 0 Å². The van der Waals surface area contributed by atoms with Crippen LogP contribution >= 0.6 is 11.3 Å². The number of benzene rings is 2. The number of H-pyrrole nitrogens is 1. The molecule has 0 unspecified atom stereocenters. The average molecular weight is 481 g/mol. The molecule has 0 spiro atoms. The van der Waals surface area contributed by atoms with E-state index >= 15 is 0 Å². The van der Waals surface area contributed by atoms with Gasteiger partial charge in [0.15, 0.2) is 11.5 Å². The number of thiophene rings is 1. The van der Waals surface area contributed by atoms with Crippen molar-refractivity contribution in [2.75, 3.05) is 27.4 Å². The number of carbonyl (C=O) groups is 1. The molecule has 4 rings (SSSR count). The van der Waals surface area contributed by atoms with Gasteiger partial charge in [0.1, 0.15) is 34.5 Å². The lowest BCUT2D eigenvalue weighted by Gasteiger charge is -2.09. The smallest absolute Gasteiger partial charge is 0.348 e. The Morgan fingerprint density at radius 2 is 1.79 bits per heavy atom. The van der Waals surface area contributed by atoms with Gasteiger partial charge in [0, 0.05) is 6.42 Å². The third-order valence-electron chi connectivity index (χ3n) is 5.18. The lowest BCUT2D eigenvalue weighted by atomic mass is 10.1. The van der Waals surface area contributed by atoms with E-state index in [0.717, 1.165) is 16.9 Å². The van der Waals surface area contributed by atoms with E-state index in [1.807, 2.05) is 42.5 Å². The molecule has 2 aromatic heterocycles. The third-order valence-corrected chi connectivity index (χ3v) is 6.35. The van der Waals surface area contributed by atoms with Gasteiger partial charge in [0.25, 0.3) is 5.56 Å². The van der Waals surface area contributed by atoms with Crippen LogP contribution in [0.2, 0.25) is 0 Å². The van der Waals surface area contributed by atoms with Crippen molar-refractivity contribution in [1.82, 2.24) is 9.97 Å². The van der Waals surface area contributed by atoms with Crippen molar-refractivity contribution in [3.8, 4) is 17.2 Å². The van der Waals surface area contributed by atoms with Crippen LogP contribution in [0.3, 0.4) is 0 Å². The van der Waals surface area contributed by atoms with Gasteiger partial charge in [-0.3, -0.25) is 4.79 Å². The maximum Gasteiger partial charge on any atom is 0.348 e. The van der Waals surface area contributed by atoms with E-state index in [4.69, 9.17) is 18.9 Å². The molecule has 1 N–H and O–H groups in total. The molecule has 0 aliphatic heterocycles. The van der Waals surface area contributed by atoms with Gasteiger partial charge < -0.3 is 23.9 Å². The van der Waals surface area contributed by atoms with Gasteiger partial charge in [-0.15, -0.1) is 11.3 Å². The predicted octanol–water partition coefficient (Wildman–Crippen LogP) is 4.14. The number of aromatic nitrogens is 2. The van der Waals surface area contributed by atoms with Crippen LogP contribution in [0.5, 0.6) is 17.2 Å². The SMILES string of the molecule is COc1ccc(Cc2nc3sc(C(=O)OCCOc4ccccc4)c(C)c3c(=O)[nH]2)cc1OC. The quantitative estimate of drug-likeness (QED) is 0.284. The molecule has 0 aliphatic carbocycles. The average Bonchev–Trinajstić information content (AvgIpc) is 3.19. The Morgan fingerprint density at radius 1 is 1.03 bits per heavy atom. The molecule has 0 atom stereocenters. The highest BCUT2D eigenvalue weighted by molar-refractivity contribution is 7.20. The number of methoxy groups -OCH3 is 2. The summed E-state index contributed by atoms with van der Waals surface area (Å²) in [6.07, 6.45) is 0.388. The minimum absolute atomic E-state index is 0.0930. The second-order valence-electron chi connectivity index (χ2n) is 7.41. The molecular weight excluding hydrogens is 456 g/mol. The van der Waals surface area contributed by atoms with Crippen LogP contribution < -0.4 is 19.8 Å². The molecule has 0 aliphatic rings. The van der Waals surface area contributed by atoms with Crippen LogP contribution in [0.25, 0.3) is 10.2 Å². The molecule has 0 amide bonds. The summed E-state index contributed by atoms with van der Waals surface area (Å²) >= 11 is 1.15. The standard InChI is InChI=1S/C25H24N2O6S/c1-15-21-23(28)26-20(14-16-9-10-18(30-2)19(13-16)31-3)27-24(21)34-22(15)25(29)33-12-11-32-17-7-5-4-6-8-17/h4-10,13H,11-12,14H2,1-3H3,(H,26,27,28). The molecule has 2 aromatic carbocycles. The Bertz CT molecular complexity index is 1360. The van der Waals surface area contributed by atoms with Crippen molar-refractivity contribution in [2.45, 2.75) is 13.3 Å². The van der Waals surface area contributed by atoms with Gasteiger partial charge in [0.2, 0.25) is 0 Å². The molecule has 0 bridgehead atoms. The topological polar surface area (TPSA) is 99.7 Å². The van der Waals surface area contributed by atoms with E-state index in [1.54, 1.807) is 27.2 Å². The maximum absolute atomic E-state index is 12.8. The number of ether oxygens (including phenoxy) is 4. The number of aryl methyl sites for hydroxylation is 1. The lowest BCUT2D eigenvalue weighted by Crippen LogP contribution is -2.13. The summed E-state index contributed by atoms with van der Waals surface area (Å²) < 4.78 is 21.5. The van der Waals surface area contributed by atoms with E-state index in [1.165, 1.54) is 0 Å². The Hall–Kier alpha value is -3.85. The Labute approximate surface area is 200 Å². The molecule has 4 aromatic rings. The zero-order valence-corrected chi connectivity index (χ0v) is 19.9. The summed E-state index contributed by atoms with van der Waals surface area (Å²) in [5.41, 5.74) is 1.16. The number of nitrogens with zero attached hydrogens (tertiary/aromatic N) is 1. The van der Waals surface area contributed by atoms with E-state index in [0.29, 0.717) is 50.2 Å². The highest BCUT2D eigenvalue weighted by Crippen LogP contribution is 2.30. The first kappa shape index (κ1) is 23.3. The van der Waals surface area contributed by atoms with E-state index in [-0.39, 0.29) is 18.8 Å². The molecule has 9 heteroatoms. The first-order chi connectivity index (χ1) is 16.5. The summed E-state index contributed by atoms with van der Waals surface area (Å²) in [5, 5.41) is 0.397. The Balaban J connectivity index is 1.49. The fourth-order valence-electron chi connectivity index (χ4n) is 3.53. The Morgan fingerprint density at radius 3 is 2.53 bits per heavy atom. The number of aromatic amines is 1. The number of hydrogen-bond donors (Lipinski definition) is 1. The van der Waals surface area contributed by atoms with Crippen molar-refractivity contribution in [3.05, 3.63) is 80.7 Å². The molecule has 8 nitrogen and oxygen atoms in total. The van der Waals surface area contributed by atoms with E-state index in [2.05, 4.69) is 9.97 Å². The monoisotopic (exact) mass is 480 g/mol. The fourth-order valence-corrected chi connectivity index (χ4v) is 4.62. The molecule has 0 radical (unpaired) electrons. The summed E-state index contributed by atoms with van der Waals surface area (Å²) in [7, 11) is 3.14. The van der Waals surface area contributed by atoms with Crippen LogP contribution in [0, 0.1) is 6.92 Å². The largest absolute Gasteiger partial charge is 0.493 e. The lowest BCUT2D eigenvalue weighted by molar-refractivity contribution is 0.0455. The minimum atomic E-state index is -0.502. The van der Waals surface area contributed by atoms with Crippen molar-refractivity contribution < 1.29 is 23.7 Å². The summed E-state index contributed by atoms with van der Waals surface area (Å²) in [5.74, 6) is 1.90. The molecule has 34 heavy (non-hydrogen) atoms. The Kier molecular flexibility index (Phi) is 7.12. The van der Waals surface area contributed by atoms with Gasteiger partial charge in [0.05, 0.1) is 19.6 Å². The highest BCUT2D eigenvalue weighted by Gasteiger charge is 2.20. The summed E-state index contributed by atoms with van der Waals surface area (Å²) in [6.45, 7) is 2.05. The number of esters is 1. The second-order valence-corrected chi connectivity index (χ2v) is 8.41. The van der Waals surface area contributed by atoms with Crippen LogP contribution in [0.4, 0.5) is 0 Å². The van der Waals surface area contributed by atoms with E-state index < -0.39 is 5.97 Å². The number of fused-ring (bicyclic) bond motifs is 1. The predicted molar refractivity (Wildman–Crippen MR) is 130 cm³/mol. The molecular formula is C25H24N2O6S. The van der Waals surface area contributed by atoms with Crippen LogP contribution in [0.15, 0.2) is 53.3 Å². The first-order valence-corrected chi connectivity index (χ1v) is 11.4. The number of hydrogen-bond acceptors (Lipinski definition) is 8. The van der Waals surface area contributed by atoms with Gasteiger partial charge in [-0.05, 0) is 42.3 Å². The van der Waals surface area contributed by atoms with Crippen LogP contribution in [-0.4, -0.2) is 43.4 Å². The third kappa shape index (κ3) is 5.04. The zero-order valence-electron chi connectivity index (χ0n) is 19.0. The number of nitrogens with one attached hydrogen (secondary N) is 1. The van der Waals surface area contributed by atoms with Crippen molar-refractivity contribution >= 4 is 27.5 Å². The van der Waals surface area contributed by atoms with Gasteiger partial charge in [-0.1, -0.05) is 24.3 Å². The molecule has 0 saturated heterocycles. The number of rotatable bonds is 9. The van der Waals surface area contributed by atoms with Crippen LogP contribution in [-0.2, 0) is 11.2 Å². The maximum atomic E-state index is 12.8. The minimum Gasteiger partial charge on any atom is -0.493 e. The van der Waals surface area contributed by atoms with E-state index in [9.17, 15) is 9.59 Å². The van der Waals surface area contributed by atoms with Gasteiger partial charge in [-0.25, -0.2) is 9.78 Å². The van der Waals surface area contributed by atoms with Crippen molar-refractivity contribution in [1.29, 1.82) is 0 Å². The van der Waals surface area contributed by atoms with Crippen molar-refractivity contribution in [3.63, 3.8) is 0 Å². The highest BCUT2D eigenvalue weighted by atomic mass is 32.1.